The van der Waals surface area contributed by atoms with Gasteiger partial charge in [0.25, 0.3) is 5.56 Å². The summed E-state index contributed by atoms with van der Waals surface area (Å²) in [4.78, 5) is 50.1. The van der Waals surface area contributed by atoms with Gasteiger partial charge < -0.3 is 24.8 Å². The van der Waals surface area contributed by atoms with Gasteiger partial charge >= 0.3 is 31.6 Å². The van der Waals surface area contributed by atoms with E-state index in [9.17, 15) is 32.1 Å². The summed E-state index contributed by atoms with van der Waals surface area (Å²) in [6.45, 7) is 5.25. The van der Waals surface area contributed by atoms with Crippen molar-refractivity contribution in [3.05, 3.63) is 66.9 Å². The first-order chi connectivity index (χ1) is 21.5. The number of aromatic nitrogens is 2. The van der Waals surface area contributed by atoms with Crippen LogP contribution in [-0.2, 0) is 39.3 Å². The van der Waals surface area contributed by atoms with E-state index in [1.165, 1.54) is 21.8 Å². The lowest BCUT2D eigenvalue weighted by molar-refractivity contribution is -0.192. The number of nitrogens with one attached hydrogen (secondary N) is 1. The molecule has 0 spiro atoms. The highest BCUT2D eigenvalue weighted by molar-refractivity contribution is 9.11. The number of nitrogens with two attached hydrogens (primary N) is 1. The van der Waals surface area contributed by atoms with E-state index in [0.29, 0.717) is 12.2 Å². The number of carboxylic acid groups (broad SMARTS) is 1. The number of carbonyl (C=O) groups excluding carboxylic acids is 1. The maximum atomic E-state index is 13.3. The molecule has 2 aromatic rings. The van der Waals surface area contributed by atoms with E-state index in [2.05, 4.69) is 20.9 Å². The van der Waals surface area contributed by atoms with E-state index in [4.69, 9.17) is 38.7 Å². The number of nitrogens with zero attached hydrogens (tertiary/aromatic N) is 1. The van der Waals surface area contributed by atoms with Crippen LogP contribution in [0.4, 0.5) is 13.2 Å². The van der Waals surface area contributed by atoms with Crippen LogP contribution in [0.5, 0.6) is 5.75 Å². The molecular formula is C27H32BrF3N3O11P. The number of aromatic amines is 1. The molecule has 4 rings (SSSR count). The van der Waals surface area contributed by atoms with Crippen LogP contribution >= 0.6 is 23.8 Å². The Balaban J connectivity index is 0.000000738. The Morgan fingerprint density at radius 3 is 2.61 bits per heavy atom. The third-order valence-corrected chi connectivity index (χ3v) is 8.62. The smallest absolute Gasteiger partial charge is 0.475 e. The third-order valence-electron chi connectivity index (χ3n) is 7.04. The second kappa shape index (κ2) is 15.5. The molecule has 1 aromatic carbocycles. The number of rotatable bonds is 9. The number of ether oxygens (including phenoxy) is 2. The number of alkyl halides is 3. The van der Waals surface area contributed by atoms with Gasteiger partial charge in [0.15, 0.2) is 0 Å². The average molecular weight is 742 g/mol. The minimum Gasteiger partial charge on any atom is -0.475 e. The Morgan fingerprint density at radius 2 is 2.00 bits per heavy atom. The quantitative estimate of drug-likeness (QED) is 0.246. The fourth-order valence-electron chi connectivity index (χ4n) is 4.23. The lowest BCUT2D eigenvalue weighted by Gasteiger charge is -2.27. The number of hydrogen-bond donors (Lipinski definition) is 3. The molecule has 2 aliphatic rings. The summed E-state index contributed by atoms with van der Waals surface area (Å²) < 4.78 is 74.6. The van der Waals surface area contributed by atoms with Gasteiger partial charge in [0.05, 0.1) is 18.8 Å². The van der Waals surface area contributed by atoms with E-state index >= 15 is 0 Å². The van der Waals surface area contributed by atoms with Gasteiger partial charge in [0, 0.05) is 18.2 Å². The van der Waals surface area contributed by atoms with E-state index in [-0.39, 0.29) is 31.1 Å². The van der Waals surface area contributed by atoms with Crippen molar-refractivity contribution in [1.82, 2.24) is 9.55 Å². The van der Waals surface area contributed by atoms with Crippen LogP contribution < -0.4 is 21.5 Å². The zero-order valence-corrected chi connectivity index (χ0v) is 27.2. The van der Waals surface area contributed by atoms with Gasteiger partial charge in [-0.05, 0) is 29.5 Å². The molecule has 3 heterocycles. The molecule has 0 saturated carbocycles. The van der Waals surface area contributed by atoms with Crippen molar-refractivity contribution in [2.24, 2.45) is 11.7 Å². The minimum absolute atomic E-state index is 0.0290. The van der Waals surface area contributed by atoms with E-state index in [1.807, 2.05) is 32.9 Å². The summed E-state index contributed by atoms with van der Waals surface area (Å²) in [7, 11) is -4.03. The molecular weight excluding hydrogens is 710 g/mol. The molecule has 14 nitrogen and oxygen atoms in total. The first-order valence-corrected chi connectivity index (χ1v) is 16.1. The van der Waals surface area contributed by atoms with Gasteiger partial charge in [0.2, 0.25) is 0 Å². The fraction of sp³-hybridized carbons (Fsp3) is 0.481. The third kappa shape index (κ3) is 9.39. The van der Waals surface area contributed by atoms with Gasteiger partial charge in [-0.3, -0.25) is 28.2 Å². The number of benzene rings is 1. The van der Waals surface area contributed by atoms with Crippen molar-refractivity contribution in [3.8, 4) is 5.75 Å². The van der Waals surface area contributed by atoms with E-state index in [1.54, 1.807) is 6.07 Å². The van der Waals surface area contributed by atoms with Crippen LogP contribution in [0, 0.1) is 12.8 Å². The van der Waals surface area contributed by atoms with Gasteiger partial charge in [-0.1, -0.05) is 54.4 Å². The molecule has 254 valence electrons. The molecule has 1 aromatic heterocycles. The Hall–Kier alpha value is -3.28. The predicted octanol–water partition coefficient (Wildman–Crippen LogP) is 4.15. The van der Waals surface area contributed by atoms with E-state index in [0.717, 1.165) is 11.1 Å². The summed E-state index contributed by atoms with van der Waals surface area (Å²) in [5, 5.41) is 7.12. The SMILES string of the molecule is CCC(C)[C@@H](N)C(=O)O[C@H]1C[C@H](n2cc(/C=C/Br)c(=O)[nH]c2=O)O[C@@H]1COP1(=O)OCc2cccc(C)c2O1.O=C(O)C(F)(F)F. The summed E-state index contributed by atoms with van der Waals surface area (Å²) in [6, 6.07) is 4.58. The van der Waals surface area contributed by atoms with E-state index < -0.39 is 61.7 Å². The van der Waals surface area contributed by atoms with Crippen molar-refractivity contribution in [2.45, 2.75) is 70.9 Å². The lowest BCUT2D eigenvalue weighted by atomic mass is 10.0. The molecule has 2 aliphatic heterocycles. The number of para-hydroxylation sites is 1. The van der Waals surface area contributed by atoms with Gasteiger partial charge in [-0.15, -0.1) is 0 Å². The number of halogens is 4. The Kier molecular flexibility index (Phi) is 12.6. The topological polar surface area (TPSA) is 198 Å². The number of hydrogen-bond acceptors (Lipinski definition) is 11. The summed E-state index contributed by atoms with van der Waals surface area (Å²) >= 11 is 3.11. The monoisotopic (exact) mass is 741 g/mol. The molecule has 1 fully saturated rings. The highest BCUT2D eigenvalue weighted by atomic mass is 79.9. The number of esters is 1. The van der Waals surface area contributed by atoms with Crippen molar-refractivity contribution >= 4 is 41.8 Å². The predicted molar refractivity (Wildman–Crippen MR) is 159 cm³/mol. The number of H-pyrrole nitrogens is 1. The summed E-state index contributed by atoms with van der Waals surface area (Å²) in [5.74, 6) is -3.10. The standard InChI is InChI=1S/C25H31BrN3O9P.C2HF3O2/c1-4-14(2)21(27)24(31)37-18-10-20(29-11-16(8-9-26)23(30)28-25(29)32)36-19(18)13-35-39(33)34-12-17-7-5-6-15(3)22(17)38-39;3-2(4,5)1(6)7/h5-9,11,14,18-21H,4,10,12-13,27H2,1-3H3,(H,28,30,32);(H,6,7)/b9-8+;/t14?,18-,19+,20+,21+,39?;/m0./s1. The molecule has 19 heteroatoms. The molecule has 4 N–H and O–H groups in total. The first-order valence-electron chi connectivity index (χ1n) is 13.7. The zero-order chi connectivity index (χ0) is 34.4. The van der Waals surface area contributed by atoms with Crippen molar-refractivity contribution in [2.75, 3.05) is 6.61 Å². The molecule has 0 radical (unpaired) electrons. The van der Waals surface area contributed by atoms with Crippen LogP contribution in [-0.4, -0.2) is 57.6 Å². The highest BCUT2D eigenvalue weighted by Crippen LogP contribution is 2.55. The number of carbonyl (C=O) groups is 2. The maximum Gasteiger partial charge on any atom is 0.530 e. The van der Waals surface area contributed by atoms with Crippen LogP contribution in [0.25, 0.3) is 6.08 Å². The van der Waals surface area contributed by atoms with Gasteiger partial charge in [-0.2, -0.15) is 13.2 Å². The Bertz CT molecular complexity index is 1610. The largest absolute Gasteiger partial charge is 0.530 e. The Labute approximate surface area is 268 Å². The summed E-state index contributed by atoms with van der Waals surface area (Å²) in [6.07, 6.45) is -4.35. The second-order valence-electron chi connectivity index (χ2n) is 10.3. The lowest BCUT2D eigenvalue weighted by Crippen LogP contribution is -2.42. The minimum atomic E-state index is -5.08. The second-order valence-corrected chi connectivity index (χ2v) is 12.4. The number of aliphatic carboxylic acids is 1. The normalized spacial score (nSPS) is 23.9. The van der Waals surface area contributed by atoms with Crippen LogP contribution in [0.2, 0.25) is 0 Å². The summed E-state index contributed by atoms with van der Waals surface area (Å²) in [5.41, 5.74) is 6.49. The highest BCUT2D eigenvalue weighted by Gasteiger charge is 2.44. The number of phosphoric acid groups is 1. The number of carboxylic acids is 1. The first kappa shape index (κ1) is 37.2. The Morgan fingerprint density at radius 1 is 1.33 bits per heavy atom. The zero-order valence-electron chi connectivity index (χ0n) is 24.7. The molecule has 2 unspecified atom stereocenters. The molecule has 6 atom stereocenters. The number of phosphoric ester groups is 1. The van der Waals surface area contributed by atoms with Crippen molar-refractivity contribution < 1.29 is 55.5 Å². The van der Waals surface area contributed by atoms with Gasteiger partial charge in [-0.25, -0.2) is 14.2 Å². The number of fused-ring (bicyclic) bond motifs is 1. The van der Waals surface area contributed by atoms with Crippen LogP contribution in [0.3, 0.4) is 0 Å². The molecule has 0 bridgehead atoms. The van der Waals surface area contributed by atoms with Crippen LogP contribution in [0.1, 0.15) is 49.6 Å². The number of aryl methyl sites for hydroxylation is 1. The molecule has 0 aliphatic carbocycles. The fourth-order valence-corrected chi connectivity index (χ4v) is 5.81. The maximum absolute atomic E-state index is 13.3. The van der Waals surface area contributed by atoms with Crippen LogP contribution in [0.15, 0.2) is 39.0 Å². The van der Waals surface area contributed by atoms with Gasteiger partial charge in [0.1, 0.15) is 30.2 Å². The molecule has 46 heavy (non-hydrogen) atoms. The molecule has 1 saturated heterocycles. The molecule has 0 amide bonds. The van der Waals surface area contributed by atoms with Crippen molar-refractivity contribution in [3.63, 3.8) is 0 Å². The average Bonchev–Trinajstić information content (AvgIpc) is 3.39. The van der Waals surface area contributed by atoms with Crippen molar-refractivity contribution in [1.29, 1.82) is 0 Å².